The second kappa shape index (κ2) is 12.8. The van der Waals surface area contributed by atoms with Gasteiger partial charge in [-0.2, -0.15) is 0 Å². The van der Waals surface area contributed by atoms with Crippen LogP contribution in [-0.4, -0.2) is 41.7 Å². The Bertz CT molecular complexity index is 1300. The SMILES string of the molecule is COc1ccc(CCNS(=O)(=O)c2ccc(OCC(=O)NCc3ccc(Cl)cc3Cl)cc2)cc1OC. The third kappa shape index (κ3) is 7.76. The summed E-state index contributed by atoms with van der Waals surface area (Å²) < 4.78 is 43.7. The Labute approximate surface area is 220 Å². The molecular weight excluding hydrogens is 527 g/mol. The summed E-state index contributed by atoms with van der Waals surface area (Å²) in [6.45, 7) is 0.194. The van der Waals surface area contributed by atoms with Crippen LogP contribution in [0.2, 0.25) is 10.0 Å². The van der Waals surface area contributed by atoms with Gasteiger partial charge in [-0.3, -0.25) is 4.79 Å². The molecule has 0 spiro atoms. The molecule has 0 aliphatic carbocycles. The first-order chi connectivity index (χ1) is 17.2. The number of sulfonamides is 1. The highest BCUT2D eigenvalue weighted by molar-refractivity contribution is 7.89. The van der Waals surface area contributed by atoms with Crippen LogP contribution in [0.3, 0.4) is 0 Å². The second-order valence-electron chi connectivity index (χ2n) is 7.61. The Balaban J connectivity index is 1.47. The topological polar surface area (TPSA) is 103 Å². The molecule has 8 nitrogen and oxygen atoms in total. The number of ether oxygens (including phenoxy) is 3. The average molecular weight is 553 g/mol. The Kier molecular flexibility index (Phi) is 9.83. The number of halogens is 2. The lowest BCUT2D eigenvalue weighted by molar-refractivity contribution is -0.123. The van der Waals surface area contributed by atoms with Crippen LogP contribution >= 0.6 is 23.2 Å². The predicted molar refractivity (Wildman–Crippen MR) is 139 cm³/mol. The molecule has 2 N–H and O–H groups in total. The maximum atomic E-state index is 12.6. The Morgan fingerprint density at radius 3 is 2.31 bits per heavy atom. The van der Waals surface area contributed by atoms with Crippen LogP contribution in [0.1, 0.15) is 11.1 Å². The normalized spacial score (nSPS) is 11.1. The lowest BCUT2D eigenvalue weighted by atomic mass is 10.1. The summed E-state index contributed by atoms with van der Waals surface area (Å²) in [4.78, 5) is 12.2. The van der Waals surface area contributed by atoms with Gasteiger partial charge in [-0.05, 0) is 66.1 Å². The molecular formula is C25H26Cl2N2O6S. The van der Waals surface area contributed by atoms with E-state index in [1.54, 1.807) is 44.6 Å². The average Bonchev–Trinajstić information content (AvgIpc) is 2.87. The standard InChI is InChI=1S/C25H26Cl2N2O6S/c1-33-23-10-3-17(13-24(23)34-2)11-12-29-36(31,32)21-8-6-20(7-9-21)35-16-25(30)28-15-18-4-5-19(26)14-22(18)27/h3-10,13-14,29H,11-12,15-16H2,1-2H3,(H,28,30). The van der Waals surface area contributed by atoms with E-state index in [-0.39, 0.29) is 30.5 Å². The van der Waals surface area contributed by atoms with Crippen LogP contribution in [-0.2, 0) is 27.8 Å². The summed E-state index contributed by atoms with van der Waals surface area (Å²) in [5.74, 6) is 1.19. The lowest BCUT2D eigenvalue weighted by Crippen LogP contribution is -2.28. The van der Waals surface area contributed by atoms with E-state index in [0.717, 1.165) is 11.1 Å². The number of methoxy groups -OCH3 is 2. The van der Waals surface area contributed by atoms with Gasteiger partial charge in [0.05, 0.1) is 19.1 Å². The summed E-state index contributed by atoms with van der Waals surface area (Å²) in [5.41, 5.74) is 1.62. The summed E-state index contributed by atoms with van der Waals surface area (Å²) in [5, 5.41) is 3.67. The van der Waals surface area contributed by atoms with Gasteiger partial charge in [-0.25, -0.2) is 13.1 Å². The fraction of sp³-hybridized carbons (Fsp3) is 0.240. The summed E-state index contributed by atoms with van der Waals surface area (Å²) in [7, 11) is -0.621. The van der Waals surface area contributed by atoms with Crippen LogP contribution in [0, 0.1) is 0 Å². The fourth-order valence-corrected chi connectivity index (χ4v) is 4.73. The highest BCUT2D eigenvalue weighted by atomic mass is 35.5. The molecule has 0 fully saturated rings. The smallest absolute Gasteiger partial charge is 0.258 e. The highest BCUT2D eigenvalue weighted by Gasteiger charge is 2.14. The molecule has 11 heteroatoms. The van der Waals surface area contributed by atoms with E-state index in [0.29, 0.717) is 33.7 Å². The van der Waals surface area contributed by atoms with Crippen molar-refractivity contribution in [2.75, 3.05) is 27.4 Å². The molecule has 0 saturated carbocycles. The fourth-order valence-electron chi connectivity index (χ4n) is 3.22. The van der Waals surface area contributed by atoms with Gasteiger partial charge in [0.15, 0.2) is 18.1 Å². The summed E-state index contributed by atoms with van der Waals surface area (Å²) in [6.07, 6.45) is 0.469. The zero-order valence-electron chi connectivity index (χ0n) is 19.7. The number of rotatable bonds is 12. The predicted octanol–water partition coefficient (Wildman–Crippen LogP) is 4.23. The molecule has 0 aliphatic heterocycles. The maximum absolute atomic E-state index is 12.6. The molecule has 0 bridgehead atoms. The van der Waals surface area contributed by atoms with Gasteiger partial charge < -0.3 is 19.5 Å². The molecule has 1 amide bonds. The molecule has 0 radical (unpaired) electrons. The van der Waals surface area contributed by atoms with Gasteiger partial charge in [0.1, 0.15) is 5.75 Å². The molecule has 0 aromatic heterocycles. The minimum absolute atomic E-state index is 0.0870. The number of hydrogen-bond donors (Lipinski definition) is 2. The Morgan fingerprint density at radius 2 is 1.64 bits per heavy atom. The number of benzene rings is 3. The number of nitrogens with one attached hydrogen (secondary N) is 2. The summed E-state index contributed by atoms with van der Waals surface area (Å²) >= 11 is 12.0. The number of hydrogen-bond acceptors (Lipinski definition) is 6. The first-order valence-electron chi connectivity index (χ1n) is 10.9. The largest absolute Gasteiger partial charge is 0.493 e. The van der Waals surface area contributed by atoms with Crippen molar-refractivity contribution in [3.05, 3.63) is 81.8 Å². The zero-order valence-corrected chi connectivity index (χ0v) is 22.0. The Morgan fingerprint density at radius 1 is 0.917 bits per heavy atom. The summed E-state index contributed by atoms with van der Waals surface area (Å²) in [6, 6.07) is 16.3. The maximum Gasteiger partial charge on any atom is 0.258 e. The molecule has 0 atom stereocenters. The van der Waals surface area contributed by atoms with Gasteiger partial charge in [0.2, 0.25) is 10.0 Å². The number of carbonyl (C=O) groups is 1. The monoisotopic (exact) mass is 552 g/mol. The minimum atomic E-state index is -3.72. The van der Waals surface area contributed by atoms with Gasteiger partial charge in [0, 0.05) is 23.1 Å². The van der Waals surface area contributed by atoms with Crippen LogP contribution in [0.5, 0.6) is 17.2 Å². The van der Waals surface area contributed by atoms with Crippen molar-refractivity contribution in [2.24, 2.45) is 0 Å². The van der Waals surface area contributed by atoms with Crippen molar-refractivity contribution >= 4 is 39.1 Å². The third-order valence-corrected chi connectivity index (χ3v) is 7.21. The third-order valence-electron chi connectivity index (χ3n) is 5.15. The van der Waals surface area contributed by atoms with E-state index in [9.17, 15) is 13.2 Å². The van der Waals surface area contributed by atoms with E-state index in [2.05, 4.69) is 10.0 Å². The minimum Gasteiger partial charge on any atom is -0.493 e. The van der Waals surface area contributed by atoms with E-state index in [1.165, 1.54) is 24.3 Å². The first-order valence-corrected chi connectivity index (χ1v) is 13.1. The second-order valence-corrected chi connectivity index (χ2v) is 10.2. The van der Waals surface area contributed by atoms with E-state index >= 15 is 0 Å². The van der Waals surface area contributed by atoms with Gasteiger partial charge in [-0.1, -0.05) is 35.3 Å². The van der Waals surface area contributed by atoms with E-state index in [1.807, 2.05) is 6.07 Å². The van der Waals surface area contributed by atoms with Gasteiger partial charge in [-0.15, -0.1) is 0 Å². The van der Waals surface area contributed by atoms with Gasteiger partial charge in [0.25, 0.3) is 5.91 Å². The molecule has 36 heavy (non-hydrogen) atoms. The molecule has 3 aromatic carbocycles. The van der Waals surface area contributed by atoms with Crippen molar-refractivity contribution in [1.29, 1.82) is 0 Å². The molecule has 0 unspecified atom stereocenters. The molecule has 192 valence electrons. The van der Waals surface area contributed by atoms with E-state index < -0.39 is 10.0 Å². The quantitative estimate of drug-likeness (QED) is 0.348. The molecule has 3 aromatic rings. The van der Waals surface area contributed by atoms with Crippen molar-refractivity contribution in [1.82, 2.24) is 10.0 Å². The van der Waals surface area contributed by atoms with Crippen LogP contribution in [0.4, 0.5) is 0 Å². The number of carbonyl (C=O) groups excluding carboxylic acids is 1. The Hall–Kier alpha value is -2.98. The van der Waals surface area contributed by atoms with Gasteiger partial charge >= 0.3 is 0 Å². The van der Waals surface area contributed by atoms with Crippen LogP contribution in [0.15, 0.2) is 65.6 Å². The van der Waals surface area contributed by atoms with Crippen molar-refractivity contribution in [3.8, 4) is 17.2 Å². The molecule has 0 heterocycles. The van der Waals surface area contributed by atoms with Crippen molar-refractivity contribution in [2.45, 2.75) is 17.9 Å². The van der Waals surface area contributed by atoms with Crippen molar-refractivity contribution < 1.29 is 27.4 Å². The lowest BCUT2D eigenvalue weighted by Gasteiger charge is -2.11. The van der Waals surface area contributed by atoms with Crippen LogP contribution in [0.25, 0.3) is 0 Å². The van der Waals surface area contributed by atoms with Crippen LogP contribution < -0.4 is 24.2 Å². The van der Waals surface area contributed by atoms with Crippen molar-refractivity contribution in [3.63, 3.8) is 0 Å². The molecule has 0 aliphatic rings. The molecule has 0 saturated heterocycles. The zero-order chi connectivity index (χ0) is 26.1. The van der Waals surface area contributed by atoms with E-state index in [4.69, 9.17) is 37.4 Å². The number of amides is 1. The first kappa shape index (κ1) is 27.6. The highest BCUT2D eigenvalue weighted by Crippen LogP contribution is 2.27. The molecule has 3 rings (SSSR count).